The van der Waals surface area contributed by atoms with Gasteiger partial charge in [0.05, 0.1) is 23.4 Å². The van der Waals surface area contributed by atoms with Gasteiger partial charge in [0.25, 0.3) is 5.91 Å². The fourth-order valence-electron chi connectivity index (χ4n) is 2.26. The van der Waals surface area contributed by atoms with Crippen molar-refractivity contribution in [1.29, 1.82) is 0 Å². The third kappa shape index (κ3) is 3.24. The van der Waals surface area contributed by atoms with E-state index in [1.54, 1.807) is 12.1 Å². The molecule has 7 nitrogen and oxygen atoms in total. The molecule has 1 saturated heterocycles. The van der Waals surface area contributed by atoms with Gasteiger partial charge in [0.1, 0.15) is 22.3 Å². The van der Waals surface area contributed by atoms with Crippen LogP contribution in [0.2, 0.25) is 10.0 Å². The Hall–Kier alpha value is -2.03. The van der Waals surface area contributed by atoms with E-state index in [9.17, 15) is 14.4 Å². The minimum atomic E-state index is -0.776. The molecule has 0 N–H and O–H groups in total. The van der Waals surface area contributed by atoms with Gasteiger partial charge in [-0.1, -0.05) is 23.2 Å². The standard InChI is InChI=1S/C15H11Cl2NO6S/c1-22-8-3-2-7-10(16)13(25-12(7)11(8)17)14(20)24-6-9(19)18-4-5-23-15(18)21/h2-3H,4-6H2,1H3. The summed E-state index contributed by atoms with van der Waals surface area (Å²) in [6.07, 6.45) is -0.750. The lowest BCUT2D eigenvalue weighted by atomic mass is 10.2. The number of rotatable bonds is 4. The molecule has 2 aromatic rings. The molecule has 1 aromatic carbocycles. The van der Waals surface area contributed by atoms with Crippen LogP contribution in [0.4, 0.5) is 4.79 Å². The van der Waals surface area contributed by atoms with E-state index in [1.807, 2.05) is 0 Å². The predicted molar refractivity (Wildman–Crippen MR) is 91.7 cm³/mol. The highest BCUT2D eigenvalue weighted by Gasteiger charge is 2.29. The molecule has 25 heavy (non-hydrogen) atoms. The molecule has 0 radical (unpaired) electrons. The lowest BCUT2D eigenvalue weighted by Crippen LogP contribution is -2.35. The molecule has 0 atom stereocenters. The second-order valence-electron chi connectivity index (χ2n) is 4.94. The molecule has 0 aliphatic carbocycles. The molecule has 2 heterocycles. The van der Waals surface area contributed by atoms with Crippen molar-refractivity contribution < 1.29 is 28.6 Å². The zero-order valence-corrected chi connectivity index (χ0v) is 15.2. The normalized spacial score (nSPS) is 13.9. The number of halogens is 2. The van der Waals surface area contributed by atoms with Gasteiger partial charge in [0.2, 0.25) is 0 Å². The summed E-state index contributed by atoms with van der Waals surface area (Å²) in [6.45, 7) is -0.329. The van der Waals surface area contributed by atoms with Crippen LogP contribution in [0.3, 0.4) is 0 Å². The second kappa shape index (κ2) is 7.07. The van der Waals surface area contributed by atoms with Crippen LogP contribution in [-0.2, 0) is 14.3 Å². The summed E-state index contributed by atoms with van der Waals surface area (Å²) in [7, 11) is 1.48. The number of amides is 2. The SMILES string of the molecule is COc1ccc2c(Cl)c(C(=O)OCC(=O)N3CCOC3=O)sc2c1Cl. The number of cyclic esters (lactones) is 1. The highest BCUT2D eigenvalue weighted by Crippen LogP contribution is 2.43. The van der Waals surface area contributed by atoms with E-state index in [2.05, 4.69) is 4.74 Å². The van der Waals surface area contributed by atoms with E-state index in [0.717, 1.165) is 16.2 Å². The van der Waals surface area contributed by atoms with Crippen LogP contribution in [-0.4, -0.2) is 49.7 Å². The lowest BCUT2D eigenvalue weighted by Gasteiger charge is -2.10. The van der Waals surface area contributed by atoms with E-state index >= 15 is 0 Å². The van der Waals surface area contributed by atoms with Crippen LogP contribution in [0.25, 0.3) is 10.1 Å². The summed E-state index contributed by atoms with van der Waals surface area (Å²) >= 11 is 13.5. The summed E-state index contributed by atoms with van der Waals surface area (Å²) in [6, 6.07) is 3.32. The smallest absolute Gasteiger partial charge is 0.416 e. The third-order valence-corrected chi connectivity index (χ3v) is 5.69. The molecule has 2 amide bonds. The first-order valence-electron chi connectivity index (χ1n) is 7.02. The van der Waals surface area contributed by atoms with Crippen molar-refractivity contribution in [1.82, 2.24) is 4.90 Å². The molecule has 3 rings (SSSR count). The molecule has 0 bridgehead atoms. The first-order valence-corrected chi connectivity index (χ1v) is 8.60. The summed E-state index contributed by atoms with van der Waals surface area (Å²) < 4.78 is 15.3. The molecule has 0 saturated carbocycles. The number of ether oxygens (including phenoxy) is 3. The number of esters is 1. The Bertz CT molecular complexity index is 881. The van der Waals surface area contributed by atoms with Gasteiger partial charge in [-0.2, -0.15) is 0 Å². The Kier molecular flexibility index (Phi) is 5.03. The Morgan fingerprint density at radius 1 is 1.32 bits per heavy atom. The topological polar surface area (TPSA) is 82.1 Å². The maximum absolute atomic E-state index is 12.2. The van der Waals surface area contributed by atoms with E-state index in [0.29, 0.717) is 20.9 Å². The van der Waals surface area contributed by atoms with E-state index < -0.39 is 24.6 Å². The second-order valence-corrected chi connectivity index (χ2v) is 6.72. The van der Waals surface area contributed by atoms with E-state index in [1.165, 1.54) is 7.11 Å². The van der Waals surface area contributed by atoms with Gasteiger partial charge in [-0.05, 0) is 12.1 Å². The molecular weight excluding hydrogens is 393 g/mol. The number of carbonyl (C=O) groups excluding carboxylic acids is 3. The van der Waals surface area contributed by atoms with Gasteiger partial charge in [-0.3, -0.25) is 4.79 Å². The van der Waals surface area contributed by atoms with Gasteiger partial charge in [0, 0.05) is 5.39 Å². The molecule has 1 aliphatic rings. The van der Waals surface area contributed by atoms with E-state index in [4.69, 9.17) is 32.7 Å². The van der Waals surface area contributed by atoms with Crippen LogP contribution in [0.1, 0.15) is 9.67 Å². The minimum Gasteiger partial charge on any atom is -0.495 e. The van der Waals surface area contributed by atoms with Crippen molar-refractivity contribution in [3.05, 3.63) is 27.1 Å². The Morgan fingerprint density at radius 2 is 2.08 bits per heavy atom. The number of carbonyl (C=O) groups is 3. The number of methoxy groups -OCH3 is 1. The van der Waals surface area contributed by atoms with Crippen molar-refractivity contribution in [3.63, 3.8) is 0 Å². The number of nitrogens with zero attached hydrogens (tertiary/aromatic N) is 1. The Labute approximate surface area is 155 Å². The summed E-state index contributed by atoms with van der Waals surface area (Å²) in [5.74, 6) is -0.982. The number of thiophene rings is 1. The van der Waals surface area contributed by atoms with Crippen molar-refractivity contribution in [2.24, 2.45) is 0 Å². The van der Waals surface area contributed by atoms with Gasteiger partial charge >= 0.3 is 12.1 Å². The molecule has 1 aliphatic heterocycles. The Morgan fingerprint density at radius 3 is 2.72 bits per heavy atom. The van der Waals surface area contributed by atoms with Crippen molar-refractivity contribution in [2.45, 2.75) is 0 Å². The van der Waals surface area contributed by atoms with Crippen LogP contribution in [0, 0.1) is 0 Å². The van der Waals surface area contributed by atoms with Gasteiger partial charge in [0.15, 0.2) is 6.61 Å². The predicted octanol–water partition coefficient (Wildman–Crippen LogP) is 3.35. The molecular formula is C15H11Cl2NO6S. The maximum atomic E-state index is 12.2. The molecule has 10 heteroatoms. The molecule has 0 spiro atoms. The molecule has 0 unspecified atom stereocenters. The van der Waals surface area contributed by atoms with Gasteiger partial charge < -0.3 is 14.2 Å². The summed E-state index contributed by atoms with van der Waals surface area (Å²) in [5.41, 5.74) is 0. The van der Waals surface area contributed by atoms with Crippen molar-refractivity contribution in [3.8, 4) is 5.75 Å². The first kappa shape index (κ1) is 17.8. The van der Waals surface area contributed by atoms with E-state index in [-0.39, 0.29) is 23.1 Å². The Balaban J connectivity index is 1.78. The van der Waals surface area contributed by atoms with Gasteiger partial charge in [-0.15, -0.1) is 11.3 Å². The largest absolute Gasteiger partial charge is 0.495 e. The third-order valence-electron chi connectivity index (χ3n) is 3.50. The van der Waals surface area contributed by atoms with Crippen molar-refractivity contribution >= 4 is 62.6 Å². The summed E-state index contributed by atoms with van der Waals surface area (Å²) in [5, 5.41) is 1.10. The first-order chi connectivity index (χ1) is 11.9. The number of imide groups is 1. The average molecular weight is 404 g/mol. The molecule has 1 aromatic heterocycles. The minimum absolute atomic E-state index is 0.114. The van der Waals surface area contributed by atoms with Crippen molar-refractivity contribution in [2.75, 3.05) is 26.9 Å². The molecule has 132 valence electrons. The fraction of sp³-hybridized carbons (Fsp3) is 0.267. The zero-order chi connectivity index (χ0) is 18.1. The summed E-state index contributed by atoms with van der Waals surface area (Å²) in [4.78, 5) is 36.4. The zero-order valence-electron chi connectivity index (χ0n) is 12.8. The number of hydrogen-bond acceptors (Lipinski definition) is 7. The van der Waals surface area contributed by atoms with Crippen LogP contribution in [0.5, 0.6) is 5.75 Å². The van der Waals surface area contributed by atoms with Crippen LogP contribution < -0.4 is 4.74 Å². The van der Waals surface area contributed by atoms with Crippen LogP contribution in [0.15, 0.2) is 12.1 Å². The lowest BCUT2D eigenvalue weighted by molar-refractivity contribution is -0.131. The molecule has 1 fully saturated rings. The highest BCUT2D eigenvalue weighted by atomic mass is 35.5. The quantitative estimate of drug-likeness (QED) is 0.727. The monoisotopic (exact) mass is 403 g/mol. The average Bonchev–Trinajstić information content (AvgIpc) is 3.17. The number of hydrogen-bond donors (Lipinski definition) is 0. The van der Waals surface area contributed by atoms with Crippen LogP contribution >= 0.6 is 34.5 Å². The highest BCUT2D eigenvalue weighted by molar-refractivity contribution is 7.22. The fourth-order valence-corrected chi connectivity index (χ4v) is 4.04. The maximum Gasteiger partial charge on any atom is 0.416 e. The number of benzene rings is 1. The van der Waals surface area contributed by atoms with Gasteiger partial charge in [-0.25, -0.2) is 14.5 Å². The number of fused-ring (bicyclic) bond motifs is 1.